The van der Waals surface area contributed by atoms with Crippen molar-refractivity contribution in [2.75, 3.05) is 18.4 Å². The molecule has 1 rings (SSSR count). The smallest absolute Gasteiger partial charge is 0.321 e. The standard InChI is InChI=1S/C15H18N4O/c1-12(2)11-19(8-4-7-16)15(20)18-14-6-3-5-13(9-14)10-17/h3,5-6,9,12H,4,8,11H2,1-2H3,(H,18,20). The zero-order valence-corrected chi connectivity index (χ0v) is 11.8. The monoisotopic (exact) mass is 270 g/mol. The molecule has 0 aliphatic carbocycles. The Bertz CT molecular complexity index is 540. The minimum atomic E-state index is -0.246. The third-order valence-electron chi connectivity index (χ3n) is 2.61. The Morgan fingerprint density at radius 2 is 2.15 bits per heavy atom. The first kappa shape index (κ1) is 15.5. The van der Waals surface area contributed by atoms with E-state index in [0.29, 0.717) is 36.7 Å². The summed E-state index contributed by atoms with van der Waals surface area (Å²) in [6.45, 7) is 5.02. The van der Waals surface area contributed by atoms with Gasteiger partial charge >= 0.3 is 6.03 Å². The number of rotatable bonds is 5. The fourth-order valence-corrected chi connectivity index (χ4v) is 1.77. The molecule has 0 saturated heterocycles. The van der Waals surface area contributed by atoms with Gasteiger partial charge in [-0.2, -0.15) is 10.5 Å². The molecular weight excluding hydrogens is 252 g/mol. The molecule has 2 amide bonds. The van der Waals surface area contributed by atoms with Crippen molar-refractivity contribution in [2.24, 2.45) is 5.92 Å². The predicted octanol–water partition coefficient (Wildman–Crippen LogP) is 2.96. The Hall–Kier alpha value is -2.53. The third-order valence-corrected chi connectivity index (χ3v) is 2.61. The molecule has 0 spiro atoms. The van der Waals surface area contributed by atoms with Crippen LogP contribution in [0.5, 0.6) is 0 Å². The minimum absolute atomic E-state index is 0.246. The number of carbonyl (C=O) groups excluding carboxylic acids is 1. The largest absolute Gasteiger partial charge is 0.323 e. The number of benzene rings is 1. The van der Waals surface area contributed by atoms with Crippen molar-refractivity contribution in [1.82, 2.24) is 4.90 Å². The highest BCUT2D eigenvalue weighted by molar-refractivity contribution is 5.89. The van der Waals surface area contributed by atoms with Crippen molar-refractivity contribution in [1.29, 1.82) is 10.5 Å². The number of anilines is 1. The number of urea groups is 1. The normalized spacial score (nSPS) is 9.65. The molecule has 20 heavy (non-hydrogen) atoms. The maximum atomic E-state index is 12.2. The first-order chi connectivity index (χ1) is 9.56. The highest BCUT2D eigenvalue weighted by Gasteiger charge is 2.14. The Labute approximate surface area is 119 Å². The average Bonchev–Trinajstić information content (AvgIpc) is 2.43. The van der Waals surface area contributed by atoms with E-state index >= 15 is 0 Å². The lowest BCUT2D eigenvalue weighted by Gasteiger charge is -2.24. The van der Waals surface area contributed by atoms with Crippen LogP contribution in [0, 0.1) is 28.6 Å². The van der Waals surface area contributed by atoms with Gasteiger partial charge in [0.1, 0.15) is 0 Å². The Balaban J connectivity index is 2.74. The molecule has 1 aromatic carbocycles. The van der Waals surface area contributed by atoms with E-state index in [-0.39, 0.29) is 6.03 Å². The van der Waals surface area contributed by atoms with Gasteiger partial charge in [-0.1, -0.05) is 19.9 Å². The van der Waals surface area contributed by atoms with Crippen molar-refractivity contribution in [3.8, 4) is 12.1 Å². The van der Waals surface area contributed by atoms with Gasteiger partial charge in [0, 0.05) is 18.8 Å². The summed E-state index contributed by atoms with van der Waals surface area (Å²) in [6, 6.07) is 10.6. The molecule has 0 heterocycles. The molecule has 5 heteroatoms. The molecule has 0 fully saturated rings. The molecule has 1 aromatic rings. The van der Waals surface area contributed by atoms with Crippen LogP contribution >= 0.6 is 0 Å². The molecule has 0 radical (unpaired) electrons. The van der Waals surface area contributed by atoms with Crippen LogP contribution in [0.3, 0.4) is 0 Å². The molecule has 5 nitrogen and oxygen atoms in total. The lowest BCUT2D eigenvalue weighted by molar-refractivity contribution is 0.206. The summed E-state index contributed by atoms with van der Waals surface area (Å²) in [5, 5.41) is 20.2. The highest BCUT2D eigenvalue weighted by Crippen LogP contribution is 2.11. The molecule has 0 aliphatic heterocycles. The van der Waals surface area contributed by atoms with E-state index in [1.165, 1.54) is 0 Å². The second-order valence-corrected chi connectivity index (χ2v) is 4.87. The van der Waals surface area contributed by atoms with Crippen LogP contribution in [-0.4, -0.2) is 24.0 Å². The van der Waals surface area contributed by atoms with Gasteiger partial charge in [-0.05, 0) is 24.1 Å². The van der Waals surface area contributed by atoms with Crippen LogP contribution < -0.4 is 5.32 Å². The zero-order valence-electron chi connectivity index (χ0n) is 11.8. The van der Waals surface area contributed by atoms with Crippen LogP contribution in [0.2, 0.25) is 0 Å². The second-order valence-electron chi connectivity index (χ2n) is 4.87. The average molecular weight is 270 g/mol. The van der Waals surface area contributed by atoms with Gasteiger partial charge < -0.3 is 10.2 Å². The number of hydrogen-bond acceptors (Lipinski definition) is 3. The predicted molar refractivity (Wildman–Crippen MR) is 76.8 cm³/mol. The van der Waals surface area contributed by atoms with Crippen molar-refractivity contribution in [3.05, 3.63) is 29.8 Å². The molecule has 0 unspecified atom stereocenters. The maximum Gasteiger partial charge on any atom is 0.321 e. The van der Waals surface area contributed by atoms with Gasteiger partial charge in [0.2, 0.25) is 0 Å². The van der Waals surface area contributed by atoms with Crippen LogP contribution in [0.15, 0.2) is 24.3 Å². The first-order valence-corrected chi connectivity index (χ1v) is 6.50. The van der Waals surface area contributed by atoms with Crippen LogP contribution in [-0.2, 0) is 0 Å². The SMILES string of the molecule is CC(C)CN(CCC#N)C(=O)Nc1cccc(C#N)c1. The quantitative estimate of drug-likeness (QED) is 0.893. The number of nitrogens with zero attached hydrogens (tertiary/aromatic N) is 3. The lowest BCUT2D eigenvalue weighted by atomic mass is 10.2. The summed E-state index contributed by atoms with van der Waals surface area (Å²) >= 11 is 0. The summed E-state index contributed by atoms with van der Waals surface area (Å²) < 4.78 is 0. The Morgan fingerprint density at radius 3 is 2.75 bits per heavy atom. The number of nitriles is 2. The Morgan fingerprint density at radius 1 is 1.40 bits per heavy atom. The number of carbonyl (C=O) groups is 1. The molecule has 0 atom stereocenters. The van der Waals surface area contributed by atoms with Gasteiger partial charge in [0.05, 0.1) is 24.1 Å². The zero-order chi connectivity index (χ0) is 15.0. The second kappa shape index (κ2) is 7.81. The topological polar surface area (TPSA) is 79.9 Å². The molecule has 0 bridgehead atoms. The van der Waals surface area contributed by atoms with Gasteiger partial charge in [-0.25, -0.2) is 4.79 Å². The fraction of sp³-hybridized carbons (Fsp3) is 0.400. The molecule has 1 N–H and O–H groups in total. The first-order valence-electron chi connectivity index (χ1n) is 6.50. The van der Waals surface area contributed by atoms with Crippen LogP contribution in [0.1, 0.15) is 25.8 Å². The van der Waals surface area contributed by atoms with Gasteiger partial charge in [-0.3, -0.25) is 0 Å². The summed E-state index contributed by atoms with van der Waals surface area (Å²) in [4.78, 5) is 13.8. The number of hydrogen-bond donors (Lipinski definition) is 1. The molecular formula is C15H18N4O. The van der Waals surface area contributed by atoms with Crippen molar-refractivity contribution >= 4 is 11.7 Å². The van der Waals surface area contributed by atoms with E-state index in [1.54, 1.807) is 29.2 Å². The third kappa shape index (κ3) is 4.99. The van der Waals surface area contributed by atoms with Crippen LogP contribution in [0.4, 0.5) is 10.5 Å². The van der Waals surface area contributed by atoms with Gasteiger partial charge in [0.15, 0.2) is 0 Å². The molecule has 0 aromatic heterocycles. The van der Waals surface area contributed by atoms with E-state index < -0.39 is 0 Å². The summed E-state index contributed by atoms with van der Waals surface area (Å²) in [7, 11) is 0. The van der Waals surface area contributed by atoms with Gasteiger partial charge in [-0.15, -0.1) is 0 Å². The number of nitrogens with one attached hydrogen (secondary N) is 1. The summed E-state index contributed by atoms with van der Waals surface area (Å²) in [5.41, 5.74) is 1.08. The van der Waals surface area contributed by atoms with Crippen molar-refractivity contribution in [2.45, 2.75) is 20.3 Å². The van der Waals surface area contributed by atoms with E-state index in [1.807, 2.05) is 26.0 Å². The van der Waals surface area contributed by atoms with Crippen molar-refractivity contribution in [3.63, 3.8) is 0 Å². The van der Waals surface area contributed by atoms with E-state index in [2.05, 4.69) is 5.32 Å². The minimum Gasteiger partial charge on any atom is -0.323 e. The van der Waals surface area contributed by atoms with E-state index in [9.17, 15) is 4.79 Å². The van der Waals surface area contributed by atoms with Crippen molar-refractivity contribution < 1.29 is 4.79 Å². The molecule has 0 saturated carbocycles. The molecule has 104 valence electrons. The molecule has 0 aliphatic rings. The van der Waals surface area contributed by atoms with Crippen LogP contribution in [0.25, 0.3) is 0 Å². The Kier molecular flexibility index (Phi) is 6.06. The van der Waals surface area contributed by atoms with Gasteiger partial charge in [0.25, 0.3) is 0 Å². The summed E-state index contributed by atoms with van der Waals surface area (Å²) in [5.74, 6) is 0.324. The lowest BCUT2D eigenvalue weighted by Crippen LogP contribution is -2.38. The summed E-state index contributed by atoms with van der Waals surface area (Å²) in [6.07, 6.45) is 0.304. The maximum absolute atomic E-state index is 12.2. The van der Waals surface area contributed by atoms with E-state index in [0.717, 1.165) is 0 Å². The highest BCUT2D eigenvalue weighted by atomic mass is 16.2. The fourth-order valence-electron chi connectivity index (χ4n) is 1.77. The number of amides is 2. The van der Waals surface area contributed by atoms with E-state index in [4.69, 9.17) is 10.5 Å².